The van der Waals surface area contributed by atoms with Gasteiger partial charge in [0.05, 0.1) is 25.4 Å². The molecule has 0 N–H and O–H groups in total. The van der Waals surface area contributed by atoms with Crippen LogP contribution in [-0.4, -0.2) is 42.2 Å². The average molecular weight is 548 g/mol. The fraction of sp³-hybridized carbons (Fsp3) is 0.438. The highest BCUT2D eigenvalue weighted by molar-refractivity contribution is 5.76. The molecule has 3 heterocycles. The highest BCUT2D eigenvalue weighted by atomic mass is 19.1. The summed E-state index contributed by atoms with van der Waals surface area (Å²) in [5.41, 5.74) is 4.19. The van der Waals surface area contributed by atoms with Gasteiger partial charge in [-0.05, 0) is 74.1 Å². The number of nitrogens with zero attached hydrogens (tertiary/aromatic N) is 3. The Kier molecular flexibility index (Phi) is 7.34. The third-order valence-corrected chi connectivity index (χ3v) is 8.66. The Morgan fingerprint density at radius 2 is 1.68 bits per heavy atom. The van der Waals surface area contributed by atoms with Gasteiger partial charge in [-0.15, -0.1) is 0 Å². The minimum atomic E-state index is -0.788. The SMILES string of the molecule is COc1ccc(C2CCCCC2)cc1-c1ccc(N2CCC2)nc1CN1C(=O)OC(c2cc(F)cc(F)c2)C1C. The summed E-state index contributed by atoms with van der Waals surface area (Å²) in [6, 6.07) is 13.3. The lowest BCUT2D eigenvalue weighted by Gasteiger charge is -2.33. The van der Waals surface area contributed by atoms with Crippen LogP contribution in [0.1, 0.15) is 74.3 Å². The van der Waals surface area contributed by atoms with E-state index in [1.807, 2.05) is 19.1 Å². The average Bonchev–Trinajstić information content (AvgIpc) is 3.20. The lowest BCUT2D eigenvalue weighted by Crippen LogP contribution is -2.38. The fourth-order valence-electron chi connectivity index (χ4n) is 6.26. The maximum absolute atomic E-state index is 14.0. The number of hydrogen-bond acceptors (Lipinski definition) is 5. The quantitative estimate of drug-likeness (QED) is 0.309. The molecule has 3 fully saturated rings. The Labute approximate surface area is 233 Å². The monoisotopic (exact) mass is 547 g/mol. The van der Waals surface area contributed by atoms with Crippen molar-refractivity contribution >= 4 is 11.9 Å². The highest BCUT2D eigenvalue weighted by Crippen LogP contribution is 2.41. The van der Waals surface area contributed by atoms with Gasteiger partial charge >= 0.3 is 6.09 Å². The summed E-state index contributed by atoms with van der Waals surface area (Å²) in [5, 5.41) is 0. The zero-order valence-corrected chi connectivity index (χ0v) is 23.0. The van der Waals surface area contributed by atoms with Crippen LogP contribution in [0.4, 0.5) is 19.4 Å². The molecule has 1 amide bonds. The van der Waals surface area contributed by atoms with Crippen LogP contribution in [0.5, 0.6) is 5.75 Å². The van der Waals surface area contributed by atoms with Crippen LogP contribution >= 0.6 is 0 Å². The first kappa shape index (κ1) is 26.5. The zero-order chi connectivity index (χ0) is 27.8. The number of hydrogen-bond donors (Lipinski definition) is 0. The van der Waals surface area contributed by atoms with Crippen LogP contribution < -0.4 is 9.64 Å². The number of pyridine rings is 1. The first-order chi connectivity index (χ1) is 19.4. The number of benzene rings is 2. The molecule has 210 valence electrons. The van der Waals surface area contributed by atoms with E-state index >= 15 is 0 Å². The summed E-state index contributed by atoms with van der Waals surface area (Å²) in [4.78, 5) is 22.0. The van der Waals surface area contributed by atoms with Crippen LogP contribution in [0.2, 0.25) is 0 Å². The summed E-state index contributed by atoms with van der Waals surface area (Å²) in [7, 11) is 1.67. The van der Waals surface area contributed by atoms with Crippen molar-refractivity contribution in [3.8, 4) is 16.9 Å². The summed E-state index contributed by atoms with van der Waals surface area (Å²) in [5.74, 6) is 0.748. The Bertz CT molecular complexity index is 1380. The number of carbonyl (C=O) groups is 1. The molecule has 1 aliphatic carbocycles. The van der Waals surface area contributed by atoms with E-state index in [1.165, 1.54) is 49.8 Å². The number of aromatic nitrogens is 1. The Balaban J connectivity index is 1.37. The van der Waals surface area contributed by atoms with Crippen LogP contribution in [0.25, 0.3) is 11.1 Å². The van der Waals surface area contributed by atoms with E-state index < -0.39 is 29.9 Å². The molecule has 40 heavy (non-hydrogen) atoms. The summed E-state index contributed by atoms with van der Waals surface area (Å²) >= 11 is 0. The zero-order valence-electron chi connectivity index (χ0n) is 23.0. The molecule has 6 rings (SSSR count). The van der Waals surface area contributed by atoms with Gasteiger partial charge in [0.25, 0.3) is 0 Å². The van der Waals surface area contributed by atoms with Crippen molar-refractivity contribution in [1.82, 2.24) is 9.88 Å². The van der Waals surface area contributed by atoms with E-state index in [0.29, 0.717) is 11.5 Å². The third kappa shape index (κ3) is 5.11. The van der Waals surface area contributed by atoms with Crippen LogP contribution in [0.15, 0.2) is 48.5 Å². The molecule has 0 spiro atoms. The minimum Gasteiger partial charge on any atom is -0.496 e. The van der Waals surface area contributed by atoms with Crippen molar-refractivity contribution in [3.63, 3.8) is 0 Å². The van der Waals surface area contributed by atoms with Gasteiger partial charge in [-0.3, -0.25) is 4.90 Å². The smallest absolute Gasteiger partial charge is 0.411 e. The highest BCUT2D eigenvalue weighted by Gasteiger charge is 2.40. The van der Waals surface area contributed by atoms with Crippen LogP contribution in [0, 0.1) is 11.6 Å². The fourth-order valence-corrected chi connectivity index (χ4v) is 6.26. The van der Waals surface area contributed by atoms with E-state index in [4.69, 9.17) is 14.5 Å². The van der Waals surface area contributed by atoms with Crippen molar-refractivity contribution in [3.05, 3.63) is 77.0 Å². The molecular formula is C32H35F2N3O3. The molecular weight excluding hydrogens is 512 g/mol. The second-order valence-corrected chi connectivity index (χ2v) is 11.2. The maximum Gasteiger partial charge on any atom is 0.411 e. The summed E-state index contributed by atoms with van der Waals surface area (Å²) < 4.78 is 39.4. The molecule has 0 bridgehead atoms. The lowest BCUT2D eigenvalue weighted by atomic mass is 9.83. The standard InChI is InChI=1S/C32H35F2N3O3/c1-20-31(23-15-24(33)18-25(34)16-23)40-32(38)37(20)19-28-26(10-12-30(35-28)36-13-6-14-36)27-17-22(9-11-29(27)39-2)21-7-4-3-5-8-21/h9-12,15-18,20-21,31H,3-8,13-14,19H2,1-2H3. The Hall–Kier alpha value is -3.68. The number of anilines is 1. The number of methoxy groups -OCH3 is 1. The Morgan fingerprint density at radius 3 is 2.35 bits per heavy atom. The number of rotatable bonds is 7. The predicted octanol–water partition coefficient (Wildman–Crippen LogP) is 7.38. The van der Waals surface area contributed by atoms with E-state index in [1.54, 1.807) is 12.0 Å². The number of carbonyl (C=O) groups excluding carboxylic acids is 1. The second kappa shape index (κ2) is 11.1. The van der Waals surface area contributed by atoms with E-state index in [9.17, 15) is 13.6 Å². The first-order valence-electron chi connectivity index (χ1n) is 14.3. The molecule has 1 aromatic heterocycles. The van der Waals surface area contributed by atoms with Crippen LogP contribution in [0.3, 0.4) is 0 Å². The van der Waals surface area contributed by atoms with Gasteiger partial charge in [0.1, 0.15) is 29.3 Å². The number of halogens is 2. The summed E-state index contributed by atoms with van der Waals surface area (Å²) in [6.07, 6.45) is 5.95. The van der Waals surface area contributed by atoms with E-state index in [2.05, 4.69) is 23.1 Å². The van der Waals surface area contributed by atoms with Gasteiger partial charge in [0.2, 0.25) is 0 Å². The maximum atomic E-state index is 14.0. The second-order valence-electron chi connectivity index (χ2n) is 11.2. The van der Waals surface area contributed by atoms with Gasteiger partial charge in [0, 0.05) is 35.8 Å². The normalized spacial score (nSPS) is 21.4. The topological polar surface area (TPSA) is 54.9 Å². The van der Waals surface area contributed by atoms with E-state index in [0.717, 1.165) is 54.0 Å². The molecule has 2 saturated heterocycles. The molecule has 8 heteroatoms. The minimum absolute atomic E-state index is 0.197. The van der Waals surface area contributed by atoms with Crippen molar-refractivity contribution in [2.24, 2.45) is 0 Å². The Morgan fingerprint density at radius 1 is 0.925 bits per heavy atom. The molecule has 2 aromatic carbocycles. The van der Waals surface area contributed by atoms with Gasteiger partial charge in [-0.2, -0.15) is 0 Å². The third-order valence-electron chi connectivity index (χ3n) is 8.66. The van der Waals surface area contributed by atoms with Crippen molar-refractivity contribution < 1.29 is 23.0 Å². The van der Waals surface area contributed by atoms with E-state index in [-0.39, 0.29) is 6.54 Å². The summed E-state index contributed by atoms with van der Waals surface area (Å²) in [6.45, 7) is 3.92. The molecule has 3 aliphatic rings. The molecule has 2 aliphatic heterocycles. The molecule has 6 nitrogen and oxygen atoms in total. The van der Waals surface area contributed by atoms with Gasteiger partial charge < -0.3 is 14.4 Å². The number of ether oxygens (including phenoxy) is 2. The molecule has 2 atom stereocenters. The van der Waals surface area contributed by atoms with Gasteiger partial charge in [-0.25, -0.2) is 18.6 Å². The van der Waals surface area contributed by atoms with Crippen molar-refractivity contribution in [2.75, 3.05) is 25.1 Å². The van der Waals surface area contributed by atoms with Gasteiger partial charge in [0.15, 0.2) is 0 Å². The van der Waals surface area contributed by atoms with Gasteiger partial charge in [-0.1, -0.05) is 25.3 Å². The molecule has 1 saturated carbocycles. The predicted molar refractivity (Wildman–Crippen MR) is 149 cm³/mol. The van der Waals surface area contributed by atoms with Crippen LogP contribution in [-0.2, 0) is 11.3 Å². The van der Waals surface area contributed by atoms with Crippen molar-refractivity contribution in [2.45, 2.75) is 70.1 Å². The van der Waals surface area contributed by atoms with Crippen molar-refractivity contribution in [1.29, 1.82) is 0 Å². The molecule has 3 aromatic rings. The molecule has 0 radical (unpaired) electrons. The molecule has 2 unspecified atom stereocenters. The first-order valence-corrected chi connectivity index (χ1v) is 14.3. The largest absolute Gasteiger partial charge is 0.496 e. The lowest BCUT2D eigenvalue weighted by molar-refractivity contribution is 0.130. The number of cyclic esters (lactones) is 1. The number of amides is 1.